The number of rotatable bonds is 5. The molecule has 0 bridgehead atoms. The topological polar surface area (TPSA) is 37.4 Å². The molecule has 1 aromatic rings. The van der Waals surface area contributed by atoms with Gasteiger partial charge in [0, 0.05) is 18.5 Å². The second kappa shape index (κ2) is 6.80. The lowest BCUT2D eigenvalue weighted by Gasteiger charge is -2.36. The number of Topliss-reactive ketones (excluding diaryl/α,β-unsaturated/α-hetero) is 2. The van der Waals surface area contributed by atoms with Gasteiger partial charge in [-0.25, -0.2) is 0 Å². The number of piperidine rings is 1. The van der Waals surface area contributed by atoms with Gasteiger partial charge in [-0.1, -0.05) is 37.3 Å². The Labute approximate surface area is 121 Å². The molecule has 1 fully saturated rings. The first-order valence-corrected chi connectivity index (χ1v) is 7.36. The number of benzene rings is 1. The van der Waals surface area contributed by atoms with Gasteiger partial charge in [0.1, 0.15) is 5.78 Å². The first-order chi connectivity index (χ1) is 9.56. The molecular formula is C17H23NO2. The Kier molecular flexibility index (Phi) is 5.07. The molecule has 0 amide bonds. The summed E-state index contributed by atoms with van der Waals surface area (Å²) >= 11 is 0. The number of likely N-dealkylation sites (tertiary alicyclic amines) is 1. The SMILES string of the molecule is CC(=O)C[C@H]1CCN(CC(=O)c2ccccc2)C[C@@H]1C. The highest BCUT2D eigenvalue weighted by Gasteiger charge is 2.27. The molecule has 0 saturated carbocycles. The fourth-order valence-electron chi connectivity index (χ4n) is 3.02. The lowest BCUT2D eigenvalue weighted by molar-refractivity contribution is -0.118. The molecule has 2 rings (SSSR count). The predicted octanol–water partition coefficient (Wildman–Crippen LogP) is 2.81. The molecule has 20 heavy (non-hydrogen) atoms. The second-order valence-corrected chi connectivity index (χ2v) is 5.96. The van der Waals surface area contributed by atoms with Crippen molar-refractivity contribution in [2.75, 3.05) is 19.6 Å². The first-order valence-electron chi connectivity index (χ1n) is 7.36. The highest BCUT2D eigenvalue weighted by Crippen LogP contribution is 2.26. The maximum absolute atomic E-state index is 12.2. The van der Waals surface area contributed by atoms with Crippen LogP contribution in [-0.2, 0) is 4.79 Å². The lowest BCUT2D eigenvalue weighted by atomic mass is 9.83. The minimum absolute atomic E-state index is 0.183. The first kappa shape index (κ1) is 14.9. The number of carbonyl (C=O) groups is 2. The van der Waals surface area contributed by atoms with Gasteiger partial charge in [-0.2, -0.15) is 0 Å². The second-order valence-electron chi connectivity index (χ2n) is 5.96. The molecule has 108 valence electrons. The third-order valence-corrected chi connectivity index (χ3v) is 4.18. The van der Waals surface area contributed by atoms with Crippen molar-refractivity contribution in [3.05, 3.63) is 35.9 Å². The minimum atomic E-state index is 0.183. The molecule has 0 N–H and O–H groups in total. The molecule has 1 aromatic carbocycles. The van der Waals surface area contributed by atoms with Crippen molar-refractivity contribution in [2.45, 2.75) is 26.7 Å². The Morgan fingerprint density at radius 3 is 2.55 bits per heavy atom. The maximum Gasteiger partial charge on any atom is 0.176 e. The molecule has 0 radical (unpaired) electrons. The zero-order valence-electron chi connectivity index (χ0n) is 12.3. The van der Waals surface area contributed by atoms with Gasteiger partial charge < -0.3 is 4.79 Å². The maximum atomic E-state index is 12.2. The number of hydrogen-bond donors (Lipinski definition) is 0. The van der Waals surface area contributed by atoms with E-state index in [-0.39, 0.29) is 11.6 Å². The van der Waals surface area contributed by atoms with E-state index in [4.69, 9.17) is 0 Å². The molecule has 1 saturated heterocycles. The monoisotopic (exact) mass is 273 g/mol. The number of carbonyl (C=O) groups excluding carboxylic acids is 2. The fourth-order valence-corrected chi connectivity index (χ4v) is 3.02. The summed E-state index contributed by atoms with van der Waals surface area (Å²) in [4.78, 5) is 25.6. The van der Waals surface area contributed by atoms with Crippen molar-refractivity contribution >= 4 is 11.6 Å². The molecule has 0 aromatic heterocycles. The van der Waals surface area contributed by atoms with E-state index in [1.165, 1.54) is 0 Å². The minimum Gasteiger partial charge on any atom is -0.300 e. The van der Waals surface area contributed by atoms with E-state index in [1.54, 1.807) is 6.92 Å². The normalized spacial score (nSPS) is 23.5. The van der Waals surface area contributed by atoms with Gasteiger partial charge in [0.25, 0.3) is 0 Å². The number of hydrogen-bond acceptors (Lipinski definition) is 3. The molecule has 2 atom stereocenters. The van der Waals surface area contributed by atoms with Crippen LogP contribution in [0.4, 0.5) is 0 Å². The van der Waals surface area contributed by atoms with Gasteiger partial charge in [-0.05, 0) is 31.7 Å². The summed E-state index contributed by atoms with van der Waals surface area (Å²) < 4.78 is 0. The van der Waals surface area contributed by atoms with Gasteiger partial charge >= 0.3 is 0 Å². The van der Waals surface area contributed by atoms with Crippen molar-refractivity contribution in [1.82, 2.24) is 4.90 Å². The molecule has 3 heteroatoms. The van der Waals surface area contributed by atoms with Gasteiger partial charge in [0.2, 0.25) is 0 Å². The zero-order valence-corrected chi connectivity index (χ0v) is 12.3. The van der Waals surface area contributed by atoms with Crippen molar-refractivity contribution in [3.8, 4) is 0 Å². The summed E-state index contributed by atoms with van der Waals surface area (Å²) in [7, 11) is 0. The quantitative estimate of drug-likeness (QED) is 0.774. The zero-order chi connectivity index (χ0) is 14.5. The van der Waals surface area contributed by atoms with Crippen molar-refractivity contribution in [2.24, 2.45) is 11.8 Å². The standard InChI is InChI=1S/C17H23NO2/c1-13-11-18(9-8-16(13)10-14(2)19)12-17(20)15-6-4-3-5-7-15/h3-7,13,16H,8-12H2,1-2H3/t13-,16+/m0/s1. The van der Waals surface area contributed by atoms with Gasteiger partial charge in [-0.3, -0.25) is 9.69 Å². The smallest absolute Gasteiger partial charge is 0.176 e. The Balaban J connectivity index is 1.87. The Bertz CT molecular complexity index is 469. The molecule has 0 unspecified atom stereocenters. The summed E-state index contributed by atoms with van der Waals surface area (Å²) in [6, 6.07) is 9.46. The molecule has 3 nitrogen and oxygen atoms in total. The van der Waals surface area contributed by atoms with Gasteiger partial charge in [-0.15, -0.1) is 0 Å². The molecule has 1 heterocycles. The van der Waals surface area contributed by atoms with Crippen molar-refractivity contribution < 1.29 is 9.59 Å². The van der Waals surface area contributed by atoms with Crippen molar-refractivity contribution in [3.63, 3.8) is 0 Å². The average Bonchev–Trinajstić information content (AvgIpc) is 2.42. The van der Waals surface area contributed by atoms with E-state index >= 15 is 0 Å². The third kappa shape index (κ3) is 4.01. The van der Waals surface area contributed by atoms with Crippen LogP contribution in [0, 0.1) is 11.8 Å². The predicted molar refractivity (Wildman–Crippen MR) is 79.8 cm³/mol. The fraction of sp³-hybridized carbons (Fsp3) is 0.529. The van der Waals surface area contributed by atoms with E-state index in [2.05, 4.69) is 11.8 Å². The van der Waals surface area contributed by atoms with E-state index < -0.39 is 0 Å². The molecule has 0 spiro atoms. The lowest BCUT2D eigenvalue weighted by Crippen LogP contribution is -2.42. The van der Waals surface area contributed by atoms with Crippen LogP contribution in [0.25, 0.3) is 0 Å². The number of nitrogens with zero attached hydrogens (tertiary/aromatic N) is 1. The number of ketones is 2. The van der Waals surface area contributed by atoms with Gasteiger partial charge in [0.15, 0.2) is 5.78 Å². The van der Waals surface area contributed by atoms with Crippen LogP contribution < -0.4 is 0 Å². The van der Waals surface area contributed by atoms with E-state index in [1.807, 2.05) is 30.3 Å². The van der Waals surface area contributed by atoms with E-state index in [0.717, 1.165) is 25.1 Å². The Morgan fingerprint density at radius 1 is 1.25 bits per heavy atom. The third-order valence-electron chi connectivity index (χ3n) is 4.18. The highest BCUT2D eigenvalue weighted by molar-refractivity contribution is 5.97. The summed E-state index contributed by atoms with van der Waals surface area (Å²) in [5, 5.41) is 0. The van der Waals surface area contributed by atoms with E-state index in [9.17, 15) is 9.59 Å². The summed E-state index contributed by atoms with van der Waals surface area (Å²) in [5.41, 5.74) is 0.783. The van der Waals surface area contributed by atoms with Gasteiger partial charge in [0.05, 0.1) is 6.54 Å². The van der Waals surface area contributed by atoms with E-state index in [0.29, 0.717) is 24.8 Å². The largest absolute Gasteiger partial charge is 0.300 e. The molecule has 0 aliphatic carbocycles. The van der Waals surface area contributed by atoms with Crippen LogP contribution in [0.1, 0.15) is 37.0 Å². The van der Waals surface area contributed by atoms with Crippen LogP contribution >= 0.6 is 0 Å². The van der Waals surface area contributed by atoms with Crippen LogP contribution in [0.2, 0.25) is 0 Å². The summed E-state index contributed by atoms with van der Waals surface area (Å²) in [6.45, 7) is 6.17. The molecular weight excluding hydrogens is 250 g/mol. The van der Waals surface area contributed by atoms with Crippen LogP contribution in [0.15, 0.2) is 30.3 Å². The Morgan fingerprint density at radius 2 is 1.95 bits per heavy atom. The molecule has 1 aliphatic heterocycles. The molecule has 1 aliphatic rings. The van der Waals surface area contributed by atoms with Crippen LogP contribution in [0.3, 0.4) is 0 Å². The van der Waals surface area contributed by atoms with Crippen molar-refractivity contribution in [1.29, 1.82) is 0 Å². The summed E-state index contributed by atoms with van der Waals surface area (Å²) in [5.74, 6) is 1.42. The van der Waals surface area contributed by atoms with Crippen LogP contribution in [0.5, 0.6) is 0 Å². The van der Waals surface area contributed by atoms with Crippen LogP contribution in [-0.4, -0.2) is 36.1 Å². The Hall–Kier alpha value is -1.48. The average molecular weight is 273 g/mol. The summed E-state index contributed by atoms with van der Waals surface area (Å²) in [6.07, 6.45) is 1.70. The highest BCUT2D eigenvalue weighted by atomic mass is 16.1.